The van der Waals surface area contributed by atoms with Gasteiger partial charge in [-0.05, 0) is 17.7 Å². The second-order valence-corrected chi connectivity index (χ2v) is 8.48. The molecule has 0 unspecified atom stereocenters. The Morgan fingerprint density at radius 3 is 2.83 bits per heavy atom. The summed E-state index contributed by atoms with van der Waals surface area (Å²) in [6.07, 6.45) is -0.521. The maximum atomic E-state index is 11.5. The predicted octanol–water partition coefficient (Wildman–Crippen LogP) is 0.599. The van der Waals surface area contributed by atoms with Gasteiger partial charge in [-0.1, -0.05) is 6.07 Å². The van der Waals surface area contributed by atoms with Crippen molar-refractivity contribution in [2.24, 2.45) is 0 Å². The molecule has 0 aliphatic carbocycles. The monoisotopic (exact) mass is 424 g/mol. The molecule has 0 spiro atoms. The summed E-state index contributed by atoms with van der Waals surface area (Å²) < 4.78 is 11.3. The minimum Gasteiger partial charge on any atom is -0.493 e. The second-order valence-electron chi connectivity index (χ2n) is 7.26. The van der Waals surface area contributed by atoms with E-state index in [1.807, 2.05) is 30.0 Å². The molecule has 3 rings (SSSR count). The van der Waals surface area contributed by atoms with Gasteiger partial charge in [-0.3, -0.25) is 4.90 Å². The molecule has 9 heteroatoms. The van der Waals surface area contributed by atoms with E-state index < -0.39 is 6.10 Å². The van der Waals surface area contributed by atoms with Crippen LogP contribution in [0.1, 0.15) is 5.56 Å². The Bertz CT molecular complexity index is 657. The maximum absolute atomic E-state index is 11.5. The lowest BCUT2D eigenvalue weighted by Crippen LogP contribution is -2.40. The van der Waals surface area contributed by atoms with E-state index in [2.05, 4.69) is 15.5 Å². The molecule has 162 valence electrons. The normalized spacial score (nSPS) is 18.6. The van der Waals surface area contributed by atoms with Gasteiger partial charge in [0.1, 0.15) is 12.7 Å². The van der Waals surface area contributed by atoms with Gasteiger partial charge in [0.25, 0.3) is 0 Å². The quantitative estimate of drug-likeness (QED) is 0.449. The van der Waals surface area contributed by atoms with E-state index in [0.717, 1.165) is 49.8 Å². The second kappa shape index (κ2) is 11.5. The minimum absolute atomic E-state index is 0.0105. The molecular weight excluding hydrogens is 392 g/mol. The first-order valence-corrected chi connectivity index (χ1v) is 11.3. The molecule has 2 fully saturated rings. The van der Waals surface area contributed by atoms with Crippen LogP contribution in [0.25, 0.3) is 0 Å². The van der Waals surface area contributed by atoms with Crippen LogP contribution in [0, 0.1) is 0 Å². The molecule has 2 aliphatic heterocycles. The van der Waals surface area contributed by atoms with E-state index in [9.17, 15) is 9.90 Å². The molecule has 3 N–H and O–H groups in total. The Balaban J connectivity index is 1.41. The summed E-state index contributed by atoms with van der Waals surface area (Å²) in [6, 6.07) is 5.82. The number of amides is 2. The van der Waals surface area contributed by atoms with Crippen molar-refractivity contribution in [3.8, 4) is 11.5 Å². The van der Waals surface area contributed by atoms with E-state index in [4.69, 9.17) is 9.47 Å². The molecule has 2 amide bonds. The van der Waals surface area contributed by atoms with E-state index >= 15 is 0 Å². The number of hydrogen-bond donors (Lipinski definition) is 3. The molecule has 2 saturated heterocycles. The predicted molar refractivity (Wildman–Crippen MR) is 115 cm³/mol. The summed E-state index contributed by atoms with van der Waals surface area (Å²) in [6.45, 7) is 6.53. The number of carbonyl (C=O) groups is 1. The molecule has 2 aliphatic rings. The molecule has 0 saturated carbocycles. The SMILES string of the molecule is COc1cc(CNCCN2CCNC2=O)ccc1OC[C@H](O)CN1CCSCC1. The number of nitrogens with one attached hydrogen (secondary N) is 2. The summed E-state index contributed by atoms with van der Waals surface area (Å²) in [4.78, 5) is 15.6. The van der Waals surface area contributed by atoms with Crippen LogP contribution in [-0.2, 0) is 6.54 Å². The third-order valence-corrected chi connectivity index (χ3v) is 6.01. The lowest BCUT2D eigenvalue weighted by Gasteiger charge is -2.28. The number of methoxy groups -OCH3 is 1. The fraction of sp³-hybridized carbons (Fsp3) is 0.650. The van der Waals surface area contributed by atoms with Crippen LogP contribution in [0.4, 0.5) is 4.79 Å². The number of thioether (sulfide) groups is 1. The zero-order valence-corrected chi connectivity index (χ0v) is 17.9. The number of hydrogen-bond acceptors (Lipinski definition) is 7. The van der Waals surface area contributed by atoms with E-state index in [1.165, 1.54) is 0 Å². The standard InChI is InChI=1S/C20H32N4O4S/c1-27-19-12-16(13-21-4-6-24-7-5-22-20(24)26)2-3-18(19)28-15-17(25)14-23-8-10-29-11-9-23/h2-3,12,17,21,25H,4-11,13-15H2,1H3,(H,22,26)/t17-/m1/s1. The van der Waals surface area contributed by atoms with Crippen molar-refractivity contribution < 1.29 is 19.4 Å². The van der Waals surface area contributed by atoms with Gasteiger partial charge in [0.2, 0.25) is 0 Å². The third kappa shape index (κ3) is 6.95. The van der Waals surface area contributed by atoms with Crippen molar-refractivity contribution in [3.63, 3.8) is 0 Å². The highest BCUT2D eigenvalue weighted by Gasteiger charge is 2.18. The first-order chi connectivity index (χ1) is 14.2. The summed E-state index contributed by atoms with van der Waals surface area (Å²) >= 11 is 1.96. The van der Waals surface area contributed by atoms with E-state index in [0.29, 0.717) is 31.1 Å². The molecule has 29 heavy (non-hydrogen) atoms. The topological polar surface area (TPSA) is 86.3 Å². The highest BCUT2D eigenvalue weighted by atomic mass is 32.2. The molecule has 0 aromatic heterocycles. The van der Waals surface area contributed by atoms with Crippen LogP contribution in [0.2, 0.25) is 0 Å². The molecule has 1 aromatic carbocycles. The molecule has 1 aromatic rings. The minimum atomic E-state index is -0.521. The summed E-state index contributed by atoms with van der Waals surface area (Å²) in [5, 5.41) is 16.4. The number of benzene rings is 1. The first kappa shape index (κ1) is 22.0. The summed E-state index contributed by atoms with van der Waals surface area (Å²) in [5.41, 5.74) is 1.08. The Morgan fingerprint density at radius 1 is 1.28 bits per heavy atom. The largest absolute Gasteiger partial charge is 0.493 e. The van der Waals surface area contributed by atoms with E-state index in [1.54, 1.807) is 12.0 Å². The van der Waals surface area contributed by atoms with Crippen LogP contribution in [0.15, 0.2) is 18.2 Å². The van der Waals surface area contributed by atoms with Crippen molar-refractivity contribution >= 4 is 17.8 Å². The number of rotatable bonds is 11. The summed E-state index contributed by atoms with van der Waals surface area (Å²) in [5.74, 6) is 3.55. The first-order valence-electron chi connectivity index (χ1n) is 10.2. The molecule has 0 radical (unpaired) electrons. The Morgan fingerprint density at radius 2 is 2.10 bits per heavy atom. The number of carbonyl (C=O) groups excluding carboxylic acids is 1. The van der Waals surface area contributed by atoms with Crippen LogP contribution in [0.3, 0.4) is 0 Å². The molecule has 2 heterocycles. The van der Waals surface area contributed by atoms with Crippen molar-refractivity contribution in [3.05, 3.63) is 23.8 Å². The van der Waals surface area contributed by atoms with Crippen LogP contribution in [-0.4, -0.2) is 98.1 Å². The Kier molecular flexibility index (Phi) is 8.72. The average molecular weight is 425 g/mol. The smallest absolute Gasteiger partial charge is 0.317 e. The fourth-order valence-corrected chi connectivity index (χ4v) is 4.41. The van der Waals surface area contributed by atoms with E-state index in [-0.39, 0.29) is 12.6 Å². The number of β-amino-alcohol motifs (C(OH)–C–C–N with tert-alkyl or cyclic N) is 1. The zero-order chi connectivity index (χ0) is 20.5. The number of nitrogens with zero attached hydrogens (tertiary/aromatic N) is 2. The Labute approximate surface area is 176 Å². The number of aliphatic hydroxyl groups excluding tert-OH is 1. The molecule has 1 atom stereocenters. The molecular formula is C20H32N4O4S. The summed E-state index contributed by atoms with van der Waals surface area (Å²) in [7, 11) is 1.62. The number of aliphatic hydroxyl groups is 1. The van der Waals surface area contributed by atoms with Gasteiger partial charge < -0.3 is 30.1 Å². The van der Waals surface area contributed by atoms with Gasteiger partial charge in [0.15, 0.2) is 11.5 Å². The average Bonchev–Trinajstić information content (AvgIpc) is 3.15. The highest BCUT2D eigenvalue weighted by molar-refractivity contribution is 7.99. The molecule has 0 bridgehead atoms. The maximum Gasteiger partial charge on any atom is 0.317 e. The zero-order valence-electron chi connectivity index (χ0n) is 17.1. The van der Waals surface area contributed by atoms with Gasteiger partial charge in [-0.25, -0.2) is 4.79 Å². The van der Waals surface area contributed by atoms with Crippen molar-refractivity contribution in [2.75, 3.05) is 71.0 Å². The Hall–Kier alpha value is -1.68. The lowest BCUT2D eigenvalue weighted by molar-refractivity contribution is 0.0705. The van der Waals surface area contributed by atoms with Gasteiger partial charge in [-0.2, -0.15) is 11.8 Å². The highest BCUT2D eigenvalue weighted by Crippen LogP contribution is 2.28. The lowest BCUT2D eigenvalue weighted by atomic mass is 10.2. The van der Waals surface area contributed by atoms with Crippen molar-refractivity contribution in [1.82, 2.24) is 20.4 Å². The van der Waals surface area contributed by atoms with Gasteiger partial charge >= 0.3 is 6.03 Å². The van der Waals surface area contributed by atoms with Crippen LogP contribution >= 0.6 is 11.8 Å². The van der Waals surface area contributed by atoms with Crippen LogP contribution in [0.5, 0.6) is 11.5 Å². The third-order valence-electron chi connectivity index (χ3n) is 5.06. The van der Waals surface area contributed by atoms with Gasteiger partial charge in [0, 0.05) is 63.9 Å². The fourth-order valence-electron chi connectivity index (χ4n) is 3.43. The van der Waals surface area contributed by atoms with Gasteiger partial charge in [0.05, 0.1) is 7.11 Å². The van der Waals surface area contributed by atoms with Gasteiger partial charge in [-0.15, -0.1) is 0 Å². The van der Waals surface area contributed by atoms with Crippen LogP contribution < -0.4 is 20.1 Å². The number of ether oxygens (including phenoxy) is 2. The van der Waals surface area contributed by atoms with Crippen molar-refractivity contribution in [1.29, 1.82) is 0 Å². The van der Waals surface area contributed by atoms with Crippen molar-refractivity contribution in [2.45, 2.75) is 12.6 Å². The molecule has 8 nitrogen and oxygen atoms in total. The number of urea groups is 1.